The number of para-hydroxylation sites is 1. The molecule has 0 saturated carbocycles. The van der Waals surface area contributed by atoms with Gasteiger partial charge in [0.15, 0.2) is 6.10 Å². The molecule has 0 unspecified atom stereocenters. The van der Waals surface area contributed by atoms with Crippen molar-refractivity contribution in [2.45, 2.75) is 20.0 Å². The summed E-state index contributed by atoms with van der Waals surface area (Å²) in [5, 5.41) is 0.836. The summed E-state index contributed by atoms with van der Waals surface area (Å²) in [4.78, 5) is 29.1. The van der Waals surface area contributed by atoms with Crippen molar-refractivity contribution in [1.82, 2.24) is 4.98 Å². The van der Waals surface area contributed by atoms with Crippen molar-refractivity contribution in [1.29, 1.82) is 0 Å². The van der Waals surface area contributed by atoms with Crippen molar-refractivity contribution in [3.63, 3.8) is 0 Å². The molecule has 3 rings (SSSR count). The normalized spacial score (nSPS) is 12.3. The number of H-pyrrole nitrogens is 1. The second-order valence-corrected chi connectivity index (χ2v) is 6.36. The maximum atomic E-state index is 12.5. The highest BCUT2D eigenvalue weighted by atomic mass is 32.1. The average molecular weight is 313 g/mol. The van der Waals surface area contributed by atoms with Gasteiger partial charge in [-0.25, -0.2) is 4.79 Å². The lowest BCUT2D eigenvalue weighted by molar-refractivity contribution is 0.0324. The summed E-state index contributed by atoms with van der Waals surface area (Å²) in [6.45, 7) is 3.52. The first-order valence-corrected chi connectivity index (χ1v) is 7.75. The Labute approximate surface area is 131 Å². The predicted octanol–water partition coefficient (Wildman–Crippen LogP) is 3.97. The number of rotatable bonds is 4. The highest BCUT2D eigenvalue weighted by Gasteiger charge is 2.23. The lowest BCUT2D eigenvalue weighted by atomic mass is 10.1. The Kier molecular flexibility index (Phi) is 3.81. The molecule has 22 heavy (non-hydrogen) atoms. The van der Waals surface area contributed by atoms with E-state index in [4.69, 9.17) is 4.74 Å². The topological polar surface area (TPSA) is 59.2 Å². The third-order valence-electron chi connectivity index (χ3n) is 3.45. The van der Waals surface area contributed by atoms with Crippen molar-refractivity contribution in [3.05, 3.63) is 57.9 Å². The SMILES string of the molecule is Cc1ccc(C(=O)O[C@@H](C)C(=O)c2c[nH]c3ccccc23)s1. The number of hydrogen-bond donors (Lipinski definition) is 1. The third-order valence-corrected chi connectivity index (χ3v) is 4.43. The van der Waals surface area contributed by atoms with E-state index in [1.54, 1.807) is 19.2 Å². The fourth-order valence-corrected chi connectivity index (χ4v) is 3.06. The molecule has 4 nitrogen and oxygen atoms in total. The van der Waals surface area contributed by atoms with Crippen LogP contribution in [0.3, 0.4) is 0 Å². The number of ketones is 1. The van der Waals surface area contributed by atoms with Gasteiger partial charge in [0.2, 0.25) is 5.78 Å². The Balaban J connectivity index is 1.78. The number of Topliss-reactive ketones (excluding diaryl/α,β-unsaturated/α-hetero) is 1. The zero-order valence-corrected chi connectivity index (χ0v) is 13.1. The largest absolute Gasteiger partial charge is 0.450 e. The first kappa shape index (κ1) is 14.5. The van der Waals surface area contributed by atoms with Crippen LogP contribution >= 0.6 is 11.3 Å². The first-order valence-electron chi connectivity index (χ1n) is 6.94. The average Bonchev–Trinajstić information content (AvgIpc) is 3.12. The molecule has 0 fully saturated rings. The lowest BCUT2D eigenvalue weighted by Crippen LogP contribution is -2.23. The van der Waals surface area contributed by atoms with Crippen molar-refractivity contribution >= 4 is 34.0 Å². The van der Waals surface area contributed by atoms with Crippen LogP contribution in [0.1, 0.15) is 31.8 Å². The summed E-state index contributed by atoms with van der Waals surface area (Å²) in [5.74, 6) is -0.669. The van der Waals surface area contributed by atoms with Crippen LogP contribution in [0.5, 0.6) is 0 Å². The molecule has 1 aromatic carbocycles. The van der Waals surface area contributed by atoms with E-state index in [1.807, 2.05) is 37.3 Å². The molecule has 0 aliphatic carbocycles. The van der Waals surface area contributed by atoms with Crippen LogP contribution in [-0.4, -0.2) is 22.8 Å². The summed E-state index contributed by atoms with van der Waals surface area (Å²) in [5.41, 5.74) is 1.43. The molecule has 2 heterocycles. The van der Waals surface area contributed by atoms with Gasteiger partial charge in [-0.05, 0) is 32.0 Å². The van der Waals surface area contributed by atoms with Crippen LogP contribution in [0.25, 0.3) is 10.9 Å². The van der Waals surface area contributed by atoms with Crippen LogP contribution in [-0.2, 0) is 4.74 Å². The third kappa shape index (κ3) is 2.67. The Morgan fingerprint density at radius 3 is 2.68 bits per heavy atom. The quantitative estimate of drug-likeness (QED) is 0.586. The molecule has 0 bridgehead atoms. The number of aromatic amines is 1. The molecule has 0 saturated heterocycles. The molecule has 0 spiro atoms. The van der Waals surface area contributed by atoms with Crippen molar-refractivity contribution in [2.75, 3.05) is 0 Å². The lowest BCUT2D eigenvalue weighted by Gasteiger charge is -2.11. The van der Waals surface area contributed by atoms with Gasteiger partial charge in [-0.15, -0.1) is 11.3 Å². The van der Waals surface area contributed by atoms with Crippen LogP contribution in [0.15, 0.2) is 42.6 Å². The molecule has 5 heteroatoms. The van der Waals surface area contributed by atoms with Crippen molar-refractivity contribution < 1.29 is 14.3 Å². The maximum absolute atomic E-state index is 12.5. The molecule has 0 aliphatic rings. The van der Waals surface area contributed by atoms with Crippen LogP contribution in [0, 0.1) is 6.92 Å². The van der Waals surface area contributed by atoms with Crippen LogP contribution < -0.4 is 0 Å². The smallest absolute Gasteiger partial charge is 0.349 e. The zero-order valence-electron chi connectivity index (χ0n) is 12.3. The zero-order chi connectivity index (χ0) is 15.7. The van der Waals surface area contributed by atoms with E-state index in [-0.39, 0.29) is 5.78 Å². The molecule has 0 amide bonds. The number of nitrogens with one attached hydrogen (secondary N) is 1. The Bertz CT molecular complexity index is 846. The molecule has 1 N–H and O–H groups in total. The molecular formula is C17H15NO3S. The summed E-state index contributed by atoms with van der Waals surface area (Å²) in [6.07, 6.45) is 0.834. The van der Waals surface area contributed by atoms with Gasteiger partial charge < -0.3 is 9.72 Å². The fraction of sp³-hybridized carbons (Fsp3) is 0.176. The second-order valence-electron chi connectivity index (χ2n) is 5.07. The van der Waals surface area contributed by atoms with E-state index in [1.165, 1.54) is 11.3 Å². The van der Waals surface area contributed by atoms with E-state index < -0.39 is 12.1 Å². The van der Waals surface area contributed by atoms with Crippen LogP contribution in [0.4, 0.5) is 0 Å². The maximum Gasteiger partial charge on any atom is 0.349 e. The molecule has 0 aliphatic heterocycles. The first-order chi connectivity index (χ1) is 10.6. The van der Waals surface area contributed by atoms with Gasteiger partial charge in [0.25, 0.3) is 0 Å². The summed E-state index contributed by atoms with van der Waals surface area (Å²) in [6, 6.07) is 11.1. The fourth-order valence-electron chi connectivity index (χ4n) is 2.31. The molecule has 3 aromatic rings. The molecule has 2 aromatic heterocycles. The van der Waals surface area contributed by atoms with Gasteiger partial charge >= 0.3 is 5.97 Å². The van der Waals surface area contributed by atoms with E-state index >= 15 is 0 Å². The number of carbonyl (C=O) groups is 2. The van der Waals surface area contributed by atoms with E-state index in [9.17, 15) is 9.59 Å². The van der Waals surface area contributed by atoms with Gasteiger partial charge in [-0.2, -0.15) is 0 Å². The predicted molar refractivity (Wildman–Crippen MR) is 86.6 cm³/mol. The van der Waals surface area contributed by atoms with Crippen molar-refractivity contribution in [3.8, 4) is 0 Å². The number of benzene rings is 1. The van der Waals surface area contributed by atoms with Crippen LogP contribution in [0.2, 0.25) is 0 Å². The number of aryl methyl sites for hydroxylation is 1. The minimum absolute atomic E-state index is 0.209. The highest BCUT2D eigenvalue weighted by Crippen LogP contribution is 2.21. The van der Waals surface area contributed by atoms with Gasteiger partial charge in [0, 0.05) is 27.5 Å². The number of carbonyl (C=O) groups excluding carboxylic acids is 2. The highest BCUT2D eigenvalue weighted by molar-refractivity contribution is 7.13. The minimum Gasteiger partial charge on any atom is -0.450 e. The molecular weight excluding hydrogens is 298 g/mol. The summed E-state index contributed by atoms with van der Waals surface area (Å²) < 4.78 is 5.29. The number of thiophene rings is 1. The minimum atomic E-state index is -0.825. The molecule has 0 radical (unpaired) electrons. The monoisotopic (exact) mass is 313 g/mol. The summed E-state index contributed by atoms with van der Waals surface area (Å²) >= 11 is 1.36. The van der Waals surface area contributed by atoms with Gasteiger partial charge in [0.05, 0.1) is 0 Å². The van der Waals surface area contributed by atoms with Crippen molar-refractivity contribution in [2.24, 2.45) is 0 Å². The Hall–Kier alpha value is -2.40. The molecule has 112 valence electrons. The summed E-state index contributed by atoms with van der Waals surface area (Å²) in [7, 11) is 0. The Morgan fingerprint density at radius 2 is 1.95 bits per heavy atom. The number of aromatic nitrogens is 1. The standard InChI is InChI=1S/C17H15NO3S/c1-10-7-8-15(22-10)17(20)21-11(2)16(19)13-9-18-14-6-4-3-5-12(13)14/h3-9,11,18H,1-2H3/t11-/m0/s1. The van der Waals surface area contributed by atoms with E-state index in [0.717, 1.165) is 15.8 Å². The van der Waals surface area contributed by atoms with Gasteiger partial charge in [0.1, 0.15) is 4.88 Å². The number of fused-ring (bicyclic) bond motifs is 1. The second kappa shape index (κ2) is 5.77. The number of esters is 1. The van der Waals surface area contributed by atoms with Gasteiger partial charge in [-0.1, -0.05) is 18.2 Å². The molecule has 1 atom stereocenters. The van der Waals surface area contributed by atoms with E-state index in [0.29, 0.717) is 10.4 Å². The van der Waals surface area contributed by atoms with Gasteiger partial charge in [-0.3, -0.25) is 4.79 Å². The number of hydrogen-bond acceptors (Lipinski definition) is 4. The number of ether oxygens (including phenoxy) is 1. The Morgan fingerprint density at radius 1 is 1.18 bits per heavy atom. The van der Waals surface area contributed by atoms with E-state index in [2.05, 4.69) is 4.98 Å².